The van der Waals surface area contributed by atoms with E-state index in [1.807, 2.05) is 0 Å². The molecule has 1 saturated carbocycles. The van der Waals surface area contributed by atoms with Crippen molar-refractivity contribution in [1.82, 2.24) is 19.6 Å². The molecular weight excluding hydrogens is 719 g/mol. The highest BCUT2D eigenvalue weighted by molar-refractivity contribution is 6.31. The molecule has 0 aliphatic heterocycles. The Bertz CT molecular complexity index is 2200. The van der Waals surface area contributed by atoms with Crippen molar-refractivity contribution in [3.63, 3.8) is 0 Å². The average Bonchev–Trinajstić information content (AvgIpc) is 3.54. The third-order valence-electron chi connectivity index (χ3n) is 8.93. The second-order valence-corrected chi connectivity index (χ2v) is 12.9. The molecule has 1 N–H and O–H groups in total. The molecule has 4 aromatic carbocycles. The van der Waals surface area contributed by atoms with Gasteiger partial charge in [0.15, 0.2) is 0 Å². The minimum atomic E-state index is -4.78. The third-order valence-corrected chi connectivity index (χ3v) is 9.52. The third kappa shape index (κ3) is 5.73. The van der Waals surface area contributed by atoms with E-state index in [1.165, 1.54) is 22.9 Å². The predicted molar refractivity (Wildman–Crippen MR) is 167 cm³/mol. The van der Waals surface area contributed by atoms with Crippen molar-refractivity contribution >= 4 is 51.0 Å². The largest absolute Gasteiger partial charge is 0.481 e. The maximum Gasteiger partial charge on any atom is 0.416 e. The summed E-state index contributed by atoms with van der Waals surface area (Å²) in [6.07, 6.45) is -9.70. The Hall–Kier alpha value is -4.69. The first-order valence-corrected chi connectivity index (χ1v) is 15.5. The molecule has 6 aromatic rings. The van der Waals surface area contributed by atoms with E-state index >= 15 is 0 Å². The van der Waals surface area contributed by atoms with Gasteiger partial charge in [-0.2, -0.15) is 36.5 Å². The number of carbonyl (C=O) groups is 1. The smallest absolute Gasteiger partial charge is 0.416 e. The SMILES string of the molecule is O=C(O)C1CC1(c1nn(Cc2ccc(Cl)cc2F)c2cc(C(F)(F)F)ccc12)c1nn(Cc2ccc(F)cc2Cl)c2cc(C(F)(F)F)ccc12. The normalized spacial score (nSPS) is 17.9. The van der Waals surface area contributed by atoms with Crippen LogP contribution < -0.4 is 0 Å². The average molecular weight is 739 g/mol. The van der Waals surface area contributed by atoms with Crippen molar-refractivity contribution in [3.8, 4) is 0 Å². The summed E-state index contributed by atoms with van der Waals surface area (Å²) < 4.78 is 114. The van der Waals surface area contributed by atoms with Crippen LogP contribution in [-0.2, 0) is 35.7 Å². The van der Waals surface area contributed by atoms with E-state index in [9.17, 15) is 45.0 Å². The van der Waals surface area contributed by atoms with Crippen LogP contribution in [0.3, 0.4) is 0 Å². The fraction of sp³-hybridized carbons (Fsp3) is 0.206. The first-order chi connectivity index (χ1) is 23.5. The maximum atomic E-state index is 14.9. The van der Waals surface area contributed by atoms with E-state index < -0.39 is 52.4 Å². The van der Waals surface area contributed by atoms with Crippen molar-refractivity contribution in [2.75, 3.05) is 0 Å². The number of alkyl halides is 6. The summed E-state index contributed by atoms with van der Waals surface area (Å²) in [5.41, 5.74) is -3.54. The number of rotatable bonds is 7. The molecule has 2 unspecified atom stereocenters. The molecule has 1 fully saturated rings. The molecule has 2 atom stereocenters. The van der Waals surface area contributed by atoms with Crippen molar-refractivity contribution in [2.45, 2.75) is 37.3 Å². The standard InChI is InChI=1S/C34H20Cl2F8N4O2/c35-20-5-1-17(26(38)11-20)15-48-28-10-19(34(42,43)44)4-8-23(28)30(46-48)32(13-24(32)31(49)50)29-22-7-3-18(33(39,40)41)9-27(22)47(45-29)14-16-2-6-21(37)12-25(16)36/h1-12,24H,13-15H2,(H,49,50). The van der Waals surface area contributed by atoms with E-state index in [0.717, 1.165) is 59.3 Å². The van der Waals surface area contributed by atoms with Crippen LogP contribution in [0, 0.1) is 17.6 Å². The van der Waals surface area contributed by atoms with Gasteiger partial charge in [-0.05, 0) is 60.5 Å². The highest BCUT2D eigenvalue weighted by atomic mass is 35.5. The van der Waals surface area contributed by atoms with Gasteiger partial charge in [0.25, 0.3) is 0 Å². The summed E-state index contributed by atoms with van der Waals surface area (Å²) in [4.78, 5) is 12.6. The Balaban J connectivity index is 1.48. The lowest BCUT2D eigenvalue weighted by Gasteiger charge is -2.14. The van der Waals surface area contributed by atoms with Crippen LogP contribution in [0.5, 0.6) is 0 Å². The molecule has 16 heteroatoms. The molecule has 1 aliphatic carbocycles. The number of benzene rings is 4. The number of carboxylic acids is 1. The first kappa shape index (κ1) is 33.8. The highest BCUT2D eigenvalue weighted by Crippen LogP contribution is 2.61. The summed E-state index contributed by atoms with van der Waals surface area (Å²) in [6, 6.07) is 12.7. The number of fused-ring (bicyclic) bond motifs is 2. The quantitative estimate of drug-likeness (QED) is 0.166. The van der Waals surface area contributed by atoms with Crippen molar-refractivity contribution in [1.29, 1.82) is 0 Å². The van der Waals surface area contributed by atoms with E-state index in [0.29, 0.717) is 5.56 Å². The van der Waals surface area contributed by atoms with Gasteiger partial charge in [0.05, 0.1) is 58.0 Å². The van der Waals surface area contributed by atoms with E-state index in [-0.39, 0.29) is 68.3 Å². The monoisotopic (exact) mass is 738 g/mol. The lowest BCUT2D eigenvalue weighted by atomic mass is 9.89. The molecule has 0 amide bonds. The number of hydrogen-bond donors (Lipinski definition) is 1. The zero-order valence-electron chi connectivity index (χ0n) is 25.1. The van der Waals surface area contributed by atoms with Gasteiger partial charge in [-0.3, -0.25) is 14.2 Å². The van der Waals surface area contributed by atoms with Gasteiger partial charge in [-0.25, -0.2) is 8.78 Å². The van der Waals surface area contributed by atoms with E-state index in [4.69, 9.17) is 23.2 Å². The van der Waals surface area contributed by atoms with Gasteiger partial charge >= 0.3 is 18.3 Å². The molecule has 2 aromatic heterocycles. The lowest BCUT2D eigenvalue weighted by molar-refractivity contribution is -0.139. The summed E-state index contributed by atoms with van der Waals surface area (Å²) in [7, 11) is 0. The van der Waals surface area contributed by atoms with Crippen LogP contribution in [0.2, 0.25) is 10.0 Å². The second-order valence-electron chi connectivity index (χ2n) is 12.0. The number of aromatic nitrogens is 4. The molecule has 50 heavy (non-hydrogen) atoms. The second kappa shape index (κ2) is 11.7. The van der Waals surface area contributed by atoms with Crippen LogP contribution in [-0.4, -0.2) is 30.6 Å². The predicted octanol–water partition coefficient (Wildman–Crippen LogP) is 9.50. The van der Waals surface area contributed by atoms with Crippen LogP contribution >= 0.6 is 23.2 Å². The number of aliphatic carboxylic acids is 1. The molecule has 0 radical (unpaired) electrons. The molecule has 2 heterocycles. The zero-order valence-corrected chi connectivity index (χ0v) is 26.6. The molecular formula is C34H20Cl2F8N4O2. The lowest BCUT2D eigenvalue weighted by Crippen LogP contribution is -2.20. The Kier molecular flexibility index (Phi) is 7.90. The van der Waals surface area contributed by atoms with Crippen LogP contribution in [0.1, 0.15) is 40.1 Å². The van der Waals surface area contributed by atoms with Crippen molar-refractivity contribution < 1.29 is 45.0 Å². The molecule has 6 nitrogen and oxygen atoms in total. The van der Waals surface area contributed by atoms with E-state index in [2.05, 4.69) is 10.2 Å². The van der Waals surface area contributed by atoms with Gasteiger partial charge < -0.3 is 5.11 Å². The van der Waals surface area contributed by atoms with Gasteiger partial charge in [0.2, 0.25) is 0 Å². The molecule has 0 saturated heterocycles. The minimum Gasteiger partial charge on any atom is -0.481 e. The van der Waals surface area contributed by atoms with Crippen molar-refractivity contribution in [2.24, 2.45) is 5.92 Å². The highest BCUT2D eigenvalue weighted by Gasteiger charge is 2.65. The van der Waals surface area contributed by atoms with Gasteiger partial charge in [0.1, 0.15) is 11.6 Å². The number of halogens is 10. The maximum absolute atomic E-state index is 14.9. The Labute approximate surface area is 286 Å². The summed E-state index contributed by atoms with van der Waals surface area (Å²) in [5, 5.41) is 19.8. The van der Waals surface area contributed by atoms with Gasteiger partial charge in [-0.1, -0.05) is 47.5 Å². The van der Waals surface area contributed by atoms with Gasteiger partial charge in [0, 0.05) is 26.4 Å². The Morgan fingerprint density at radius 2 is 1.28 bits per heavy atom. The van der Waals surface area contributed by atoms with Crippen LogP contribution in [0.4, 0.5) is 35.1 Å². The van der Waals surface area contributed by atoms with Crippen LogP contribution in [0.15, 0.2) is 72.8 Å². The molecule has 1 aliphatic rings. The summed E-state index contributed by atoms with van der Waals surface area (Å²) >= 11 is 12.1. The fourth-order valence-electron chi connectivity index (χ4n) is 6.42. The zero-order chi connectivity index (χ0) is 35.9. The van der Waals surface area contributed by atoms with E-state index in [1.54, 1.807) is 0 Å². The minimum absolute atomic E-state index is 0.00532. The van der Waals surface area contributed by atoms with Crippen LogP contribution in [0.25, 0.3) is 21.8 Å². The van der Waals surface area contributed by atoms with Crippen molar-refractivity contribution in [3.05, 3.63) is 128 Å². The number of nitrogens with zero attached hydrogens (tertiary/aromatic N) is 4. The fourth-order valence-corrected chi connectivity index (χ4v) is 6.81. The molecule has 0 spiro atoms. The Morgan fingerprint density at radius 1 is 0.760 bits per heavy atom. The summed E-state index contributed by atoms with van der Waals surface area (Å²) in [6.45, 7) is -0.619. The number of hydrogen-bond acceptors (Lipinski definition) is 3. The molecule has 7 rings (SSSR count). The summed E-state index contributed by atoms with van der Waals surface area (Å²) in [5.74, 6) is -3.96. The Morgan fingerprint density at radius 3 is 1.74 bits per heavy atom. The first-order valence-electron chi connectivity index (χ1n) is 14.7. The topological polar surface area (TPSA) is 72.9 Å². The number of carboxylic acid groups (broad SMARTS) is 1. The molecule has 258 valence electrons. The van der Waals surface area contributed by atoms with Gasteiger partial charge in [-0.15, -0.1) is 0 Å². The molecule has 0 bridgehead atoms.